The molecule has 1 N–H and O–H groups in total. The summed E-state index contributed by atoms with van der Waals surface area (Å²) in [4.78, 5) is 27.4. The third-order valence-corrected chi connectivity index (χ3v) is 13.4. The van der Waals surface area contributed by atoms with Gasteiger partial charge in [-0.05, 0) is 68.6 Å². The van der Waals surface area contributed by atoms with Crippen LogP contribution in [0, 0.1) is 38.7 Å². The van der Waals surface area contributed by atoms with Gasteiger partial charge in [-0.25, -0.2) is 4.98 Å². The summed E-state index contributed by atoms with van der Waals surface area (Å²) in [6.07, 6.45) is 6.61. The van der Waals surface area contributed by atoms with E-state index in [1.807, 2.05) is 34.6 Å². The maximum atomic E-state index is 11.7. The second-order valence-electron chi connectivity index (χ2n) is 15.9. The van der Waals surface area contributed by atoms with Gasteiger partial charge in [0.05, 0.1) is 19.3 Å². The van der Waals surface area contributed by atoms with Crippen molar-refractivity contribution in [1.29, 1.82) is 0 Å². The molecule has 0 amide bonds. The van der Waals surface area contributed by atoms with E-state index in [-0.39, 0.29) is 48.9 Å². The number of ketones is 1. The minimum absolute atomic E-state index is 0. The molecule has 0 aliphatic rings. The van der Waals surface area contributed by atoms with Gasteiger partial charge in [-0.3, -0.25) is 14.8 Å². The number of carbonyl (C=O) groups is 1. The molecular formula is C44H58IrN3O2SSi-. The number of benzene rings is 2. The molecule has 3 aromatic heterocycles. The largest absolute Gasteiger partial charge is 0.512 e. The number of thiophene rings is 1. The number of aryl methyl sites for hydroxylation is 3. The number of allylic oxidation sites excluding steroid dienone is 2. The van der Waals surface area contributed by atoms with Crippen LogP contribution in [-0.4, -0.2) is 33.9 Å². The first-order valence-corrected chi connectivity index (χ1v) is 22.9. The van der Waals surface area contributed by atoms with Crippen LogP contribution in [-0.2, 0) is 30.3 Å². The molecule has 5 rings (SSSR count). The van der Waals surface area contributed by atoms with E-state index < -0.39 is 8.07 Å². The number of aliphatic hydroxyl groups excluding tert-OH is 1. The molecule has 3 heterocycles. The first kappa shape index (κ1) is 43.4. The summed E-state index contributed by atoms with van der Waals surface area (Å²) in [6.45, 7) is 28.5. The third-order valence-electron chi connectivity index (χ3n) is 10.0. The van der Waals surface area contributed by atoms with Crippen LogP contribution < -0.4 is 5.19 Å². The molecule has 5 nitrogen and oxygen atoms in total. The van der Waals surface area contributed by atoms with Gasteiger partial charge in [0, 0.05) is 64.5 Å². The van der Waals surface area contributed by atoms with E-state index in [0.717, 1.165) is 63.8 Å². The van der Waals surface area contributed by atoms with Crippen molar-refractivity contribution in [2.75, 3.05) is 0 Å². The number of rotatable bonds is 10. The number of fused-ring (bicyclic) bond motifs is 2. The van der Waals surface area contributed by atoms with E-state index in [1.54, 1.807) is 17.7 Å². The van der Waals surface area contributed by atoms with E-state index in [9.17, 15) is 9.90 Å². The molecule has 0 atom stereocenters. The van der Waals surface area contributed by atoms with Gasteiger partial charge >= 0.3 is 0 Å². The second-order valence-corrected chi connectivity index (χ2v) is 22.0. The van der Waals surface area contributed by atoms with E-state index in [2.05, 4.69) is 96.7 Å². The number of hydrogen-bond acceptors (Lipinski definition) is 6. The molecule has 0 spiro atoms. The Bertz CT molecular complexity index is 2050. The van der Waals surface area contributed by atoms with Gasteiger partial charge in [-0.15, -0.1) is 29.5 Å². The van der Waals surface area contributed by atoms with Crippen molar-refractivity contribution in [2.24, 2.45) is 11.8 Å². The minimum Gasteiger partial charge on any atom is -0.512 e. The zero-order chi connectivity index (χ0) is 37.8. The van der Waals surface area contributed by atoms with Gasteiger partial charge in [-0.2, -0.15) is 0 Å². The monoisotopic (exact) mass is 913 g/mol. The molecule has 0 saturated heterocycles. The summed E-state index contributed by atoms with van der Waals surface area (Å²) < 4.78 is 1.12. The van der Waals surface area contributed by atoms with Crippen molar-refractivity contribution in [2.45, 2.75) is 120 Å². The van der Waals surface area contributed by atoms with Crippen LogP contribution in [0.5, 0.6) is 0 Å². The molecule has 2 aromatic carbocycles. The SMILES string of the molecule is CCC(CC)C(=O)/C=C(\O)C(CC)CC.Cc1ccc2[c-]c(-c3ncnc4c(C)c(-c5ccc([Si](C)(C)C)cc5C)sc34)cc(C(C)(C)C)c2n1.[Ir]. The fraction of sp³-hybridized carbons (Fsp3) is 0.455. The fourth-order valence-corrected chi connectivity index (χ4v) is 9.18. The van der Waals surface area contributed by atoms with Gasteiger partial charge in [-0.1, -0.05) is 114 Å². The first-order valence-electron chi connectivity index (χ1n) is 18.6. The number of pyridine rings is 1. The molecule has 1 radical (unpaired) electrons. The smallest absolute Gasteiger partial charge is 0.162 e. The summed E-state index contributed by atoms with van der Waals surface area (Å²) in [6, 6.07) is 17.1. The number of nitrogens with zero attached hydrogens (tertiary/aromatic N) is 3. The molecule has 0 unspecified atom stereocenters. The number of aliphatic hydroxyl groups is 1. The standard InChI is InChI=1S/C31H34N3SSi.C13H24O2.Ir/c1-18-14-23(36(7,8)9)12-13-24(18)29-20(3)26-30(35-29)28(33-17-32-26)22-15-21-11-10-19(2)34-27(21)25(16-22)31(4,5)6;1-5-10(6-2)12(14)9-13(15)11(7-3)8-4;/h10-14,16-17H,1-9H3;9-11,14H,5-8H2,1-4H3;/q-1;;/b;12-9-;. The van der Waals surface area contributed by atoms with Crippen LogP contribution >= 0.6 is 11.3 Å². The Hall–Kier alpha value is -3.03. The quantitative estimate of drug-likeness (QED) is 0.0654. The number of hydrogen-bond donors (Lipinski definition) is 1. The molecular weight excluding hydrogens is 855 g/mol. The van der Waals surface area contributed by atoms with Crippen molar-refractivity contribution < 1.29 is 30.0 Å². The molecule has 0 aliphatic heterocycles. The fourth-order valence-electron chi connectivity index (χ4n) is 6.59. The van der Waals surface area contributed by atoms with E-state index in [4.69, 9.17) is 15.0 Å². The van der Waals surface area contributed by atoms with Crippen molar-refractivity contribution >= 4 is 51.5 Å². The summed E-state index contributed by atoms with van der Waals surface area (Å²) in [5.41, 5.74) is 10.0. The number of aromatic nitrogens is 3. The first-order chi connectivity index (χ1) is 23.9. The van der Waals surface area contributed by atoms with Gasteiger partial charge < -0.3 is 5.11 Å². The van der Waals surface area contributed by atoms with Crippen molar-refractivity contribution in [3.63, 3.8) is 0 Å². The molecule has 0 fully saturated rings. The predicted molar refractivity (Wildman–Crippen MR) is 222 cm³/mol. The van der Waals surface area contributed by atoms with Crippen LogP contribution in [0.3, 0.4) is 0 Å². The maximum Gasteiger partial charge on any atom is 0.162 e. The average Bonchev–Trinajstić information content (AvgIpc) is 3.40. The normalized spacial score (nSPS) is 12.3. The Balaban J connectivity index is 0.000000389. The third kappa shape index (κ3) is 9.73. The van der Waals surface area contributed by atoms with E-state index in [1.165, 1.54) is 38.4 Å². The molecule has 0 saturated carbocycles. The van der Waals surface area contributed by atoms with Crippen LogP contribution in [0.25, 0.3) is 42.8 Å². The van der Waals surface area contributed by atoms with E-state index in [0.29, 0.717) is 0 Å². The Morgan fingerprint density at radius 2 is 1.54 bits per heavy atom. The molecule has 0 aliphatic carbocycles. The topological polar surface area (TPSA) is 76.0 Å². The van der Waals surface area contributed by atoms with Gasteiger partial charge in [0.15, 0.2) is 5.78 Å². The van der Waals surface area contributed by atoms with Gasteiger partial charge in [0.25, 0.3) is 0 Å². The van der Waals surface area contributed by atoms with Crippen molar-refractivity contribution in [3.05, 3.63) is 83.0 Å². The van der Waals surface area contributed by atoms with E-state index >= 15 is 0 Å². The molecule has 0 bridgehead atoms. The second kappa shape index (κ2) is 17.9. The summed E-state index contributed by atoms with van der Waals surface area (Å²) >= 11 is 1.80. The molecule has 281 valence electrons. The summed E-state index contributed by atoms with van der Waals surface area (Å²) in [5.74, 6) is 0.547. The molecule has 52 heavy (non-hydrogen) atoms. The van der Waals surface area contributed by atoms with Gasteiger partial charge in [0.2, 0.25) is 0 Å². The Labute approximate surface area is 331 Å². The summed E-state index contributed by atoms with van der Waals surface area (Å²) in [7, 11) is -1.36. The number of carbonyl (C=O) groups excluding carboxylic acids is 1. The predicted octanol–water partition coefficient (Wildman–Crippen LogP) is 12.0. The van der Waals surface area contributed by atoms with Crippen LogP contribution in [0.15, 0.2) is 54.6 Å². The van der Waals surface area contributed by atoms with Crippen LogP contribution in [0.1, 0.15) is 96.5 Å². The average molecular weight is 913 g/mol. The van der Waals surface area contributed by atoms with Crippen molar-refractivity contribution in [3.8, 4) is 21.7 Å². The Kier molecular flexibility index (Phi) is 14.9. The molecule has 8 heteroatoms. The summed E-state index contributed by atoms with van der Waals surface area (Å²) in [5, 5.41) is 12.3. The zero-order valence-electron chi connectivity index (χ0n) is 33.5. The molecule has 5 aromatic rings. The van der Waals surface area contributed by atoms with Crippen LogP contribution in [0.2, 0.25) is 19.6 Å². The minimum atomic E-state index is -1.36. The Morgan fingerprint density at radius 3 is 2.10 bits per heavy atom. The van der Waals surface area contributed by atoms with Crippen LogP contribution in [0.4, 0.5) is 0 Å². The van der Waals surface area contributed by atoms with Gasteiger partial charge in [0.1, 0.15) is 6.33 Å². The zero-order valence-corrected chi connectivity index (χ0v) is 37.8. The maximum absolute atomic E-state index is 11.7. The Morgan fingerprint density at radius 1 is 0.904 bits per heavy atom. The van der Waals surface area contributed by atoms with Crippen molar-refractivity contribution in [1.82, 2.24) is 15.0 Å².